The average molecular weight is 331 g/mol. The molecule has 2 aromatic heterocycles. The summed E-state index contributed by atoms with van der Waals surface area (Å²) >= 11 is 12.1. The maximum Gasteiger partial charge on any atom is 0.294 e. The van der Waals surface area contributed by atoms with Crippen molar-refractivity contribution < 1.29 is 0 Å². The molecule has 0 saturated heterocycles. The highest BCUT2D eigenvalue weighted by Crippen LogP contribution is 2.28. The standard InChI is InChI=1S/C15H8Cl2N4O/c16-9-6-11-12(7-10(9)17)21-13(8-4-2-1-3-5-8)19-20-14(21)15(22)18-11/h1-7H,(H,18,22). The molecule has 0 aliphatic carbocycles. The van der Waals surface area contributed by atoms with E-state index in [1.54, 1.807) is 16.5 Å². The molecule has 2 aromatic carbocycles. The van der Waals surface area contributed by atoms with Crippen LogP contribution in [0.2, 0.25) is 10.0 Å². The Kier molecular flexibility index (Phi) is 2.92. The number of rotatable bonds is 1. The number of benzene rings is 2. The first-order valence-electron chi connectivity index (χ1n) is 6.47. The molecule has 2 heterocycles. The molecule has 0 saturated carbocycles. The van der Waals surface area contributed by atoms with Gasteiger partial charge in [-0.25, -0.2) is 0 Å². The molecule has 0 radical (unpaired) electrons. The number of fused-ring (bicyclic) bond motifs is 3. The quantitative estimate of drug-likeness (QED) is 0.580. The van der Waals surface area contributed by atoms with Gasteiger partial charge in [-0.05, 0) is 12.1 Å². The summed E-state index contributed by atoms with van der Waals surface area (Å²) in [7, 11) is 0. The van der Waals surface area contributed by atoms with Gasteiger partial charge in [0.2, 0.25) is 5.65 Å². The number of halogens is 2. The molecule has 4 aromatic rings. The second-order valence-corrected chi connectivity index (χ2v) is 5.60. The second kappa shape index (κ2) is 4.83. The molecule has 1 N–H and O–H groups in total. The zero-order valence-corrected chi connectivity index (χ0v) is 12.6. The first kappa shape index (κ1) is 13.3. The fourth-order valence-electron chi connectivity index (χ4n) is 2.43. The van der Waals surface area contributed by atoms with Crippen molar-refractivity contribution in [2.75, 3.05) is 0 Å². The van der Waals surface area contributed by atoms with Crippen molar-refractivity contribution in [3.05, 3.63) is 62.9 Å². The molecule has 108 valence electrons. The van der Waals surface area contributed by atoms with Crippen molar-refractivity contribution in [1.29, 1.82) is 0 Å². The molecular weight excluding hydrogens is 323 g/mol. The molecule has 0 atom stereocenters. The number of aromatic amines is 1. The van der Waals surface area contributed by atoms with Crippen LogP contribution in [0.5, 0.6) is 0 Å². The van der Waals surface area contributed by atoms with Gasteiger partial charge in [0.25, 0.3) is 5.56 Å². The minimum Gasteiger partial charge on any atom is -0.317 e. The summed E-state index contributed by atoms with van der Waals surface area (Å²) in [5.74, 6) is 0.574. The largest absolute Gasteiger partial charge is 0.317 e. The average Bonchev–Trinajstić information content (AvgIpc) is 2.96. The van der Waals surface area contributed by atoms with Gasteiger partial charge in [-0.1, -0.05) is 53.5 Å². The Labute approximate surface area is 134 Å². The van der Waals surface area contributed by atoms with Gasteiger partial charge in [0.05, 0.1) is 21.1 Å². The van der Waals surface area contributed by atoms with E-state index in [1.807, 2.05) is 30.3 Å². The fourth-order valence-corrected chi connectivity index (χ4v) is 2.75. The van der Waals surface area contributed by atoms with E-state index in [2.05, 4.69) is 15.2 Å². The first-order chi connectivity index (χ1) is 10.6. The summed E-state index contributed by atoms with van der Waals surface area (Å²) in [5, 5.41) is 8.91. The number of H-pyrrole nitrogens is 1. The minimum absolute atomic E-state index is 0.213. The van der Waals surface area contributed by atoms with Crippen molar-refractivity contribution >= 4 is 39.9 Å². The highest BCUT2D eigenvalue weighted by Gasteiger charge is 2.15. The van der Waals surface area contributed by atoms with Gasteiger partial charge in [-0.3, -0.25) is 9.20 Å². The maximum atomic E-state index is 12.2. The Hall–Kier alpha value is -2.37. The van der Waals surface area contributed by atoms with Gasteiger partial charge in [-0.2, -0.15) is 0 Å². The molecule has 0 unspecified atom stereocenters. The van der Waals surface area contributed by atoms with Gasteiger partial charge in [0.1, 0.15) is 0 Å². The van der Waals surface area contributed by atoms with E-state index in [0.717, 1.165) is 5.56 Å². The molecule has 0 spiro atoms. The summed E-state index contributed by atoms with van der Waals surface area (Å²) in [6.07, 6.45) is 0. The molecular formula is C15H8Cl2N4O. The van der Waals surface area contributed by atoms with Gasteiger partial charge >= 0.3 is 0 Å². The Morgan fingerprint density at radius 2 is 1.73 bits per heavy atom. The van der Waals surface area contributed by atoms with Crippen molar-refractivity contribution in [2.45, 2.75) is 0 Å². The molecule has 7 heteroatoms. The molecule has 4 rings (SSSR count). The van der Waals surface area contributed by atoms with Gasteiger partial charge in [0.15, 0.2) is 5.82 Å². The van der Waals surface area contributed by atoms with Gasteiger partial charge < -0.3 is 4.98 Å². The summed E-state index contributed by atoms with van der Waals surface area (Å²) < 4.78 is 1.69. The summed E-state index contributed by atoms with van der Waals surface area (Å²) in [6, 6.07) is 12.8. The minimum atomic E-state index is -0.333. The van der Waals surface area contributed by atoms with Crippen LogP contribution in [0.15, 0.2) is 47.3 Å². The van der Waals surface area contributed by atoms with Crippen LogP contribution in [0.3, 0.4) is 0 Å². The number of hydrogen-bond acceptors (Lipinski definition) is 3. The molecule has 0 amide bonds. The van der Waals surface area contributed by atoms with Crippen LogP contribution in [0.4, 0.5) is 0 Å². The van der Waals surface area contributed by atoms with E-state index in [9.17, 15) is 4.79 Å². The number of nitrogens with zero attached hydrogens (tertiary/aromatic N) is 3. The maximum absolute atomic E-state index is 12.2. The fraction of sp³-hybridized carbons (Fsp3) is 0. The number of nitrogens with one attached hydrogen (secondary N) is 1. The monoisotopic (exact) mass is 330 g/mol. The van der Waals surface area contributed by atoms with Crippen LogP contribution in [-0.2, 0) is 0 Å². The predicted octanol–water partition coefficient (Wildman–Crippen LogP) is 3.54. The van der Waals surface area contributed by atoms with Crippen LogP contribution in [-0.4, -0.2) is 19.6 Å². The Morgan fingerprint density at radius 1 is 1.00 bits per heavy atom. The smallest absolute Gasteiger partial charge is 0.294 e. The third-order valence-electron chi connectivity index (χ3n) is 3.43. The van der Waals surface area contributed by atoms with E-state index in [-0.39, 0.29) is 11.2 Å². The van der Waals surface area contributed by atoms with Crippen molar-refractivity contribution in [3.8, 4) is 11.4 Å². The Balaban J connectivity index is 2.21. The normalized spacial score (nSPS) is 11.4. The first-order valence-corrected chi connectivity index (χ1v) is 7.22. The third-order valence-corrected chi connectivity index (χ3v) is 4.15. The zero-order valence-electron chi connectivity index (χ0n) is 11.0. The molecule has 0 bridgehead atoms. The SMILES string of the molecule is O=c1[nH]c2cc(Cl)c(Cl)cc2n2c(-c3ccccc3)nnc12. The molecule has 5 nitrogen and oxygen atoms in total. The molecule has 22 heavy (non-hydrogen) atoms. The Bertz CT molecular complexity index is 1070. The highest BCUT2D eigenvalue weighted by molar-refractivity contribution is 6.42. The topological polar surface area (TPSA) is 63.0 Å². The van der Waals surface area contributed by atoms with Crippen molar-refractivity contribution in [3.63, 3.8) is 0 Å². The number of aromatic nitrogens is 4. The van der Waals surface area contributed by atoms with Crippen molar-refractivity contribution in [2.24, 2.45) is 0 Å². The van der Waals surface area contributed by atoms with E-state index in [0.29, 0.717) is 26.9 Å². The van der Waals surface area contributed by atoms with Crippen LogP contribution in [0.25, 0.3) is 28.1 Å². The molecule has 0 aliphatic heterocycles. The van der Waals surface area contributed by atoms with E-state index >= 15 is 0 Å². The van der Waals surface area contributed by atoms with Crippen LogP contribution < -0.4 is 5.56 Å². The van der Waals surface area contributed by atoms with Crippen LogP contribution in [0, 0.1) is 0 Å². The Morgan fingerprint density at radius 3 is 2.50 bits per heavy atom. The van der Waals surface area contributed by atoms with E-state index < -0.39 is 0 Å². The number of hydrogen-bond donors (Lipinski definition) is 1. The van der Waals surface area contributed by atoms with E-state index in [1.165, 1.54) is 0 Å². The lowest BCUT2D eigenvalue weighted by Gasteiger charge is -2.06. The van der Waals surface area contributed by atoms with Crippen LogP contribution >= 0.6 is 23.2 Å². The summed E-state index contributed by atoms with van der Waals surface area (Å²) in [4.78, 5) is 14.9. The zero-order chi connectivity index (χ0) is 15.3. The lowest BCUT2D eigenvalue weighted by atomic mass is 10.2. The predicted molar refractivity (Wildman–Crippen MR) is 86.6 cm³/mol. The molecule has 0 fully saturated rings. The third kappa shape index (κ3) is 1.90. The summed E-state index contributed by atoms with van der Waals surface area (Å²) in [6.45, 7) is 0. The molecule has 0 aliphatic rings. The lowest BCUT2D eigenvalue weighted by Crippen LogP contribution is -2.11. The second-order valence-electron chi connectivity index (χ2n) is 4.79. The highest BCUT2D eigenvalue weighted by atomic mass is 35.5. The summed E-state index contributed by atoms with van der Waals surface area (Å²) in [5.41, 5.74) is 2.00. The van der Waals surface area contributed by atoms with E-state index in [4.69, 9.17) is 23.2 Å². The van der Waals surface area contributed by atoms with Gasteiger partial charge in [0, 0.05) is 5.56 Å². The van der Waals surface area contributed by atoms with Gasteiger partial charge in [-0.15, -0.1) is 10.2 Å². The lowest BCUT2D eigenvalue weighted by molar-refractivity contribution is 1.11. The van der Waals surface area contributed by atoms with Crippen LogP contribution in [0.1, 0.15) is 0 Å². The van der Waals surface area contributed by atoms with Crippen molar-refractivity contribution in [1.82, 2.24) is 19.6 Å².